The first-order valence-electron chi connectivity index (χ1n) is 9.58. The second kappa shape index (κ2) is 7.97. The summed E-state index contributed by atoms with van der Waals surface area (Å²) in [5, 5.41) is 2.66. The van der Waals surface area contributed by atoms with Crippen molar-refractivity contribution in [2.24, 2.45) is 0 Å². The van der Waals surface area contributed by atoms with Gasteiger partial charge in [-0.25, -0.2) is 14.4 Å². The van der Waals surface area contributed by atoms with Gasteiger partial charge in [-0.2, -0.15) is 18.2 Å². The van der Waals surface area contributed by atoms with E-state index in [2.05, 4.69) is 20.3 Å². The molecule has 1 N–H and O–H groups in total. The smallest absolute Gasteiger partial charge is 0.342 e. The van der Waals surface area contributed by atoms with Gasteiger partial charge in [0, 0.05) is 24.5 Å². The largest absolute Gasteiger partial charge is 0.390 e. The summed E-state index contributed by atoms with van der Waals surface area (Å²) < 4.78 is 53.5. The number of halogens is 4. The van der Waals surface area contributed by atoms with E-state index in [4.69, 9.17) is 0 Å². The highest BCUT2D eigenvalue weighted by atomic mass is 19.4. The van der Waals surface area contributed by atoms with Crippen molar-refractivity contribution in [3.8, 4) is 17.3 Å². The molecular weight excluding hydrogens is 416 g/mol. The third-order valence-electron chi connectivity index (χ3n) is 4.95. The van der Waals surface area contributed by atoms with Gasteiger partial charge in [-0.05, 0) is 30.7 Å². The lowest BCUT2D eigenvalue weighted by atomic mass is 10.1. The zero-order valence-corrected chi connectivity index (χ0v) is 16.4. The number of aromatic nitrogens is 4. The number of hydrogen-bond acceptors (Lipinski definition) is 5. The maximum Gasteiger partial charge on any atom is 0.390 e. The summed E-state index contributed by atoms with van der Waals surface area (Å²) in [5.41, 5.74) is 0.852. The molecule has 1 atom stereocenters. The highest BCUT2D eigenvalue weighted by Crippen LogP contribution is 2.33. The maximum absolute atomic E-state index is 13.3. The Morgan fingerprint density at radius 2 is 1.90 bits per heavy atom. The van der Waals surface area contributed by atoms with Crippen LogP contribution >= 0.6 is 0 Å². The molecular formula is C20H18F4N6O. The molecule has 1 aliphatic heterocycles. The molecule has 0 unspecified atom stereocenters. The molecule has 0 fully saturated rings. The van der Waals surface area contributed by atoms with Crippen LogP contribution < -0.4 is 10.2 Å². The maximum atomic E-state index is 13.3. The van der Waals surface area contributed by atoms with E-state index < -0.39 is 36.9 Å². The van der Waals surface area contributed by atoms with Crippen molar-refractivity contribution in [2.45, 2.75) is 32.0 Å². The van der Waals surface area contributed by atoms with Crippen molar-refractivity contribution in [3.05, 3.63) is 48.7 Å². The Balaban J connectivity index is 1.75. The van der Waals surface area contributed by atoms with Crippen LogP contribution in [0.1, 0.15) is 19.8 Å². The van der Waals surface area contributed by atoms with Crippen molar-refractivity contribution < 1.29 is 22.4 Å². The normalized spacial score (nSPS) is 16.2. The van der Waals surface area contributed by atoms with Crippen LogP contribution in [-0.4, -0.2) is 44.2 Å². The predicted octanol–water partition coefficient (Wildman–Crippen LogP) is 3.96. The third kappa shape index (κ3) is 4.21. The number of benzene rings is 1. The quantitative estimate of drug-likeness (QED) is 0.616. The van der Waals surface area contributed by atoms with Crippen LogP contribution in [0.4, 0.5) is 29.1 Å². The number of rotatable bonds is 5. The average Bonchev–Trinajstić information content (AvgIpc) is 3.21. The molecule has 0 aliphatic carbocycles. The second-order valence-electron chi connectivity index (χ2n) is 7.01. The van der Waals surface area contributed by atoms with Gasteiger partial charge in [0.05, 0.1) is 12.6 Å². The Hall–Kier alpha value is -3.50. The van der Waals surface area contributed by atoms with Crippen molar-refractivity contribution >= 4 is 17.4 Å². The molecule has 31 heavy (non-hydrogen) atoms. The average molecular weight is 434 g/mol. The fraction of sp³-hybridized carbons (Fsp3) is 0.300. The van der Waals surface area contributed by atoms with Gasteiger partial charge in [0.1, 0.15) is 23.4 Å². The first-order chi connectivity index (χ1) is 14.8. The van der Waals surface area contributed by atoms with Crippen LogP contribution in [0.5, 0.6) is 0 Å². The summed E-state index contributed by atoms with van der Waals surface area (Å²) in [6, 6.07) is 4.91. The molecule has 11 heteroatoms. The van der Waals surface area contributed by atoms with Crippen LogP contribution in [0.15, 0.2) is 42.9 Å². The molecule has 0 spiro atoms. The number of alkyl halides is 3. The molecule has 1 aromatic carbocycles. The Morgan fingerprint density at radius 1 is 1.16 bits per heavy atom. The number of hydrogen-bond donors (Lipinski definition) is 1. The number of anilines is 2. The summed E-state index contributed by atoms with van der Waals surface area (Å²) in [6.45, 7) is 1.31. The lowest BCUT2D eigenvalue weighted by Gasteiger charge is -2.36. The minimum absolute atomic E-state index is 0.165. The molecule has 162 valence electrons. The van der Waals surface area contributed by atoms with Crippen molar-refractivity contribution in [3.63, 3.8) is 0 Å². The van der Waals surface area contributed by atoms with E-state index in [1.54, 1.807) is 29.8 Å². The first-order valence-corrected chi connectivity index (χ1v) is 9.58. The van der Waals surface area contributed by atoms with E-state index in [-0.39, 0.29) is 17.5 Å². The van der Waals surface area contributed by atoms with Gasteiger partial charge in [0.2, 0.25) is 11.9 Å². The van der Waals surface area contributed by atoms with Crippen LogP contribution in [0, 0.1) is 5.82 Å². The van der Waals surface area contributed by atoms with Gasteiger partial charge in [0.15, 0.2) is 5.82 Å². The van der Waals surface area contributed by atoms with Crippen molar-refractivity contribution in [1.82, 2.24) is 19.5 Å². The number of nitrogens with one attached hydrogen (secondary N) is 1. The lowest BCUT2D eigenvalue weighted by Crippen LogP contribution is -2.49. The Bertz CT molecular complexity index is 1100. The summed E-state index contributed by atoms with van der Waals surface area (Å²) in [5.74, 6) is 0.0171. The van der Waals surface area contributed by atoms with Gasteiger partial charge in [0.25, 0.3) is 0 Å². The Kier molecular flexibility index (Phi) is 5.34. The van der Waals surface area contributed by atoms with E-state index in [0.717, 1.165) is 0 Å². The van der Waals surface area contributed by atoms with Gasteiger partial charge in [-0.1, -0.05) is 6.92 Å². The van der Waals surface area contributed by atoms with E-state index in [0.29, 0.717) is 17.8 Å². The molecule has 1 aliphatic rings. The Labute approximate surface area is 174 Å². The summed E-state index contributed by atoms with van der Waals surface area (Å²) in [6.07, 6.45) is -0.673. The Morgan fingerprint density at radius 3 is 2.58 bits per heavy atom. The molecule has 0 bridgehead atoms. The zero-order valence-electron chi connectivity index (χ0n) is 16.4. The molecule has 7 nitrogen and oxygen atoms in total. The van der Waals surface area contributed by atoms with Gasteiger partial charge >= 0.3 is 6.18 Å². The predicted molar refractivity (Wildman–Crippen MR) is 105 cm³/mol. The molecule has 4 rings (SSSR count). The zero-order chi connectivity index (χ0) is 22.2. The summed E-state index contributed by atoms with van der Waals surface area (Å²) >= 11 is 0. The SMILES string of the molecule is CC[C@@H]1C(=O)Nc2cnc(-n3ccnc3-c3ccc(F)cc3)nc2N1CCC(F)(F)F. The van der Waals surface area contributed by atoms with E-state index in [1.807, 2.05) is 0 Å². The van der Waals surface area contributed by atoms with Crippen LogP contribution in [0.25, 0.3) is 17.3 Å². The molecule has 1 amide bonds. The van der Waals surface area contributed by atoms with E-state index in [1.165, 1.54) is 29.4 Å². The van der Waals surface area contributed by atoms with Gasteiger partial charge in [-0.15, -0.1) is 0 Å². The topological polar surface area (TPSA) is 75.9 Å². The molecule has 0 saturated heterocycles. The standard InChI is InChI=1S/C20H18F4N6O/c1-2-15-18(31)27-14-11-26-19(28-17(14)29(15)9-7-20(22,23)24)30-10-8-25-16(30)12-3-5-13(21)6-4-12/h3-6,8,10-11,15H,2,7,9H2,1H3,(H,27,31)/t15-/m1/s1. The number of imidazole rings is 1. The number of carbonyl (C=O) groups excluding carboxylic acids is 1. The number of amides is 1. The highest BCUT2D eigenvalue weighted by molar-refractivity contribution is 6.02. The molecule has 3 heterocycles. The first kappa shape index (κ1) is 20.8. The molecule has 3 aromatic rings. The van der Waals surface area contributed by atoms with Crippen LogP contribution in [0.2, 0.25) is 0 Å². The van der Waals surface area contributed by atoms with Crippen LogP contribution in [0.3, 0.4) is 0 Å². The minimum Gasteiger partial charge on any atom is -0.342 e. The number of fused-ring (bicyclic) bond motifs is 1. The summed E-state index contributed by atoms with van der Waals surface area (Å²) in [7, 11) is 0. The monoisotopic (exact) mass is 434 g/mol. The fourth-order valence-corrected chi connectivity index (χ4v) is 3.48. The van der Waals surface area contributed by atoms with Crippen LogP contribution in [-0.2, 0) is 4.79 Å². The van der Waals surface area contributed by atoms with Crippen molar-refractivity contribution in [2.75, 3.05) is 16.8 Å². The fourth-order valence-electron chi connectivity index (χ4n) is 3.48. The summed E-state index contributed by atoms with van der Waals surface area (Å²) in [4.78, 5) is 26.7. The molecule has 2 aromatic heterocycles. The minimum atomic E-state index is -4.37. The number of nitrogens with zero attached hydrogens (tertiary/aromatic N) is 5. The lowest BCUT2D eigenvalue weighted by molar-refractivity contribution is -0.133. The van der Waals surface area contributed by atoms with Gasteiger partial charge in [-0.3, -0.25) is 9.36 Å². The van der Waals surface area contributed by atoms with E-state index in [9.17, 15) is 22.4 Å². The highest BCUT2D eigenvalue weighted by Gasteiger charge is 2.36. The third-order valence-corrected chi connectivity index (χ3v) is 4.95. The van der Waals surface area contributed by atoms with E-state index >= 15 is 0 Å². The van der Waals surface area contributed by atoms with Crippen molar-refractivity contribution in [1.29, 1.82) is 0 Å². The number of carbonyl (C=O) groups is 1. The molecule has 0 radical (unpaired) electrons. The molecule has 0 saturated carbocycles. The van der Waals surface area contributed by atoms with Gasteiger partial charge < -0.3 is 10.2 Å². The second-order valence-corrected chi connectivity index (χ2v) is 7.01.